The number of hydrogen-bond acceptors (Lipinski definition) is 4. The number of carbonyl (C=O) groups is 2. The van der Waals surface area contributed by atoms with Crippen LogP contribution in [0, 0.1) is 16.7 Å². The number of allylic oxidation sites excluding steroid dienone is 1. The highest BCUT2D eigenvalue weighted by Crippen LogP contribution is 2.22. The van der Waals surface area contributed by atoms with Gasteiger partial charge in [-0.05, 0) is 48.0 Å². The molecule has 0 unspecified atom stereocenters. The number of Topliss-reactive ketones (excluding diaryl/α,β-unsaturated/α-hetero) is 1. The third kappa shape index (κ3) is 5.14. The summed E-state index contributed by atoms with van der Waals surface area (Å²) in [5.74, 6) is -0.289. The van der Waals surface area contributed by atoms with Crippen molar-refractivity contribution in [2.75, 3.05) is 0 Å². The lowest BCUT2D eigenvalue weighted by atomic mass is 9.86. The largest absolute Gasteiger partial charge is 0.423 e. The quantitative estimate of drug-likeness (QED) is 0.300. The molecule has 132 valence electrons. The average molecular weight is 412 g/mol. The number of esters is 1. The van der Waals surface area contributed by atoms with Crippen LogP contribution in [0.2, 0.25) is 0 Å². The number of hydrogen-bond donors (Lipinski definition) is 0. The van der Waals surface area contributed by atoms with Crippen molar-refractivity contribution in [1.82, 2.24) is 0 Å². The maximum absolute atomic E-state index is 12.2. The number of rotatable bonds is 4. The van der Waals surface area contributed by atoms with E-state index in [1.165, 1.54) is 6.08 Å². The van der Waals surface area contributed by atoms with Gasteiger partial charge >= 0.3 is 5.97 Å². The standard InChI is InChI=1S/C21H18BrNO3/c1-21(2,3)19(24)16(13-23)12-14-4-10-18(11-5-14)26-20(25)15-6-8-17(22)9-7-15/h4-12H,1-3H3. The zero-order valence-corrected chi connectivity index (χ0v) is 16.3. The van der Waals surface area contributed by atoms with Crippen molar-refractivity contribution >= 4 is 33.8 Å². The van der Waals surface area contributed by atoms with Crippen LogP contribution in [0.25, 0.3) is 6.08 Å². The topological polar surface area (TPSA) is 67.2 Å². The van der Waals surface area contributed by atoms with Crippen molar-refractivity contribution in [2.45, 2.75) is 20.8 Å². The van der Waals surface area contributed by atoms with E-state index in [0.717, 1.165) is 4.47 Å². The Bertz CT molecular complexity index is 883. The van der Waals surface area contributed by atoms with Gasteiger partial charge in [-0.1, -0.05) is 48.8 Å². The van der Waals surface area contributed by atoms with Crippen molar-refractivity contribution in [3.63, 3.8) is 0 Å². The van der Waals surface area contributed by atoms with Crippen molar-refractivity contribution in [1.29, 1.82) is 5.26 Å². The lowest BCUT2D eigenvalue weighted by Crippen LogP contribution is -2.21. The monoisotopic (exact) mass is 411 g/mol. The van der Waals surface area contributed by atoms with Crippen LogP contribution in [0.4, 0.5) is 0 Å². The molecule has 5 heteroatoms. The summed E-state index contributed by atoms with van der Waals surface area (Å²) in [6, 6.07) is 15.4. The van der Waals surface area contributed by atoms with Gasteiger partial charge in [0.1, 0.15) is 11.8 Å². The van der Waals surface area contributed by atoms with Gasteiger partial charge in [-0.2, -0.15) is 5.26 Å². The van der Waals surface area contributed by atoms with Crippen molar-refractivity contribution < 1.29 is 14.3 Å². The van der Waals surface area contributed by atoms with E-state index in [-0.39, 0.29) is 11.4 Å². The van der Waals surface area contributed by atoms with Crippen LogP contribution >= 0.6 is 15.9 Å². The van der Waals surface area contributed by atoms with Gasteiger partial charge in [0.25, 0.3) is 0 Å². The predicted octanol–water partition coefficient (Wildman–Crippen LogP) is 5.19. The summed E-state index contributed by atoms with van der Waals surface area (Å²) < 4.78 is 6.20. The van der Waals surface area contributed by atoms with Gasteiger partial charge in [0.15, 0.2) is 5.78 Å². The third-order valence-corrected chi connectivity index (χ3v) is 4.06. The van der Waals surface area contributed by atoms with E-state index in [1.54, 1.807) is 69.3 Å². The minimum Gasteiger partial charge on any atom is -0.423 e. The summed E-state index contributed by atoms with van der Waals surface area (Å²) in [6.07, 6.45) is 1.54. The van der Waals surface area contributed by atoms with E-state index in [0.29, 0.717) is 16.9 Å². The van der Waals surface area contributed by atoms with E-state index >= 15 is 0 Å². The van der Waals surface area contributed by atoms with E-state index < -0.39 is 11.4 Å². The lowest BCUT2D eigenvalue weighted by molar-refractivity contribution is -0.121. The number of carbonyl (C=O) groups excluding carboxylic acids is 2. The molecule has 0 spiro atoms. The summed E-state index contributed by atoms with van der Waals surface area (Å²) in [7, 11) is 0. The zero-order valence-electron chi connectivity index (χ0n) is 14.7. The van der Waals surface area contributed by atoms with Gasteiger partial charge in [-0.3, -0.25) is 4.79 Å². The average Bonchev–Trinajstić information content (AvgIpc) is 2.60. The van der Waals surface area contributed by atoms with Crippen molar-refractivity contribution in [2.24, 2.45) is 5.41 Å². The first-order chi connectivity index (χ1) is 12.2. The normalized spacial score (nSPS) is 11.6. The Morgan fingerprint density at radius 2 is 1.62 bits per heavy atom. The molecule has 2 rings (SSSR count). The molecule has 0 heterocycles. The molecule has 0 N–H and O–H groups in total. The Kier molecular flexibility index (Phi) is 6.12. The molecule has 26 heavy (non-hydrogen) atoms. The van der Waals surface area contributed by atoms with Crippen LogP contribution in [-0.2, 0) is 4.79 Å². The molecule has 4 nitrogen and oxygen atoms in total. The number of ether oxygens (including phenoxy) is 1. The molecule has 0 fully saturated rings. The Hall–Kier alpha value is -2.71. The van der Waals surface area contributed by atoms with Gasteiger partial charge in [-0.25, -0.2) is 4.79 Å². The molecule has 0 aliphatic carbocycles. The molecule has 0 amide bonds. The summed E-state index contributed by atoms with van der Waals surface area (Å²) in [5, 5.41) is 9.23. The number of nitrogens with zero attached hydrogens (tertiary/aromatic N) is 1. The molecule has 0 saturated heterocycles. The van der Waals surface area contributed by atoms with Gasteiger partial charge in [0.2, 0.25) is 0 Å². The predicted molar refractivity (Wildman–Crippen MR) is 104 cm³/mol. The van der Waals surface area contributed by atoms with Crippen LogP contribution < -0.4 is 4.74 Å². The second-order valence-electron chi connectivity index (χ2n) is 6.71. The second kappa shape index (κ2) is 8.11. The van der Waals surface area contributed by atoms with Crippen LogP contribution in [0.5, 0.6) is 5.75 Å². The van der Waals surface area contributed by atoms with E-state index in [4.69, 9.17) is 4.74 Å². The molecule has 0 radical (unpaired) electrons. The van der Waals surface area contributed by atoms with Crippen LogP contribution in [0.15, 0.2) is 58.6 Å². The Labute approximate surface area is 161 Å². The third-order valence-electron chi connectivity index (χ3n) is 3.53. The maximum Gasteiger partial charge on any atom is 0.343 e. The van der Waals surface area contributed by atoms with Gasteiger partial charge in [0.05, 0.1) is 11.1 Å². The molecule has 0 bridgehead atoms. The second-order valence-corrected chi connectivity index (χ2v) is 7.63. The number of ketones is 1. The van der Waals surface area contributed by atoms with Crippen molar-refractivity contribution in [3.8, 4) is 11.8 Å². The molecule has 0 saturated carbocycles. The highest BCUT2D eigenvalue weighted by molar-refractivity contribution is 9.10. The maximum atomic E-state index is 12.2. The Morgan fingerprint density at radius 3 is 2.12 bits per heavy atom. The first-order valence-electron chi connectivity index (χ1n) is 7.95. The van der Waals surface area contributed by atoms with Crippen molar-refractivity contribution in [3.05, 3.63) is 69.7 Å². The minimum absolute atomic E-state index is 0.0945. The SMILES string of the molecule is CC(C)(C)C(=O)C(C#N)=Cc1ccc(OC(=O)c2ccc(Br)cc2)cc1. The zero-order chi connectivity index (χ0) is 19.3. The highest BCUT2D eigenvalue weighted by atomic mass is 79.9. The minimum atomic E-state index is -0.623. The van der Waals surface area contributed by atoms with Gasteiger partial charge < -0.3 is 4.74 Å². The molecular formula is C21H18BrNO3. The molecule has 2 aromatic rings. The first kappa shape index (κ1) is 19.6. The number of benzene rings is 2. The van der Waals surface area contributed by atoms with E-state index in [1.807, 2.05) is 6.07 Å². The molecule has 2 aromatic carbocycles. The lowest BCUT2D eigenvalue weighted by Gasteiger charge is -2.15. The van der Waals surface area contributed by atoms with E-state index in [2.05, 4.69) is 15.9 Å². The Morgan fingerprint density at radius 1 is 1.04 bits per heavy atom. The molecule has 0 atom stereocenters. The molecule has 0 aliphatic heterocycles. The highest BCUT2D eigenvalue weighted by Gasteiger charge is 2.24. The number of halogens is 1. The van der Waals surface area contributed by atoms with Crippen LogP contribution in [0.1, 0.15) is 36.7 Å². The van der Waals surface area contributed by atoms with E-state index in [9.17, 15) is 14.9 Å². The fraction of sp³-hybridized carbons (Fsp3) is 0.190. The fourth-order valence-electron chi connectivity index (χ4n) is 2.10. The summed E-state index contributed by atoms with van der Waals surface area (Å²) in [4.78, 5) is 24.3. The Balaban J connectivity index is 2.14. The molecular weight excluding hydrogens is 394 g/mol. The summed E-state index contributed by atoms with van der Waals surface area (Å²) in [6.45, 7) is 5.31. The fourth-order valence-corrected chi connectivity index (χ4v) is 2.37. The molecule has 0 aliphatic rings. The van der Waals surface area contributed by atoms with Crippen LogP contribution in [0.3, 0.4) is 0 Å². The smallest absolute Gasteiger partial charge is 0.343 e. The van der Waals surface area contributed by atoms with Gasteiger partial charge in [0, 0.05) is 9.89 Å². The van der Waals surface area contributed by atoms with Crippen LogP contribution in [-0.4, -0.2) is 11.8 Å². The first-order valence-corrected chi connectivity index (χ1v) is 8.74. The molecule has 0 aromatic heterocycles. The number of nitriles is 1. The summed E-state index contributed by atoms with van der Waals surface area (Å²) >= 11 is 3.31. The van der Waals surface area contributed by atoms with Gasteiger partial charge in [-0.15, -0.1) is 0 Å². The summed E-state index contributed by atoms with van der Waals surface area (Å²) in [5.41, 5.74) is 0.598.